The molecule has 4 heterocycles. The number of hydrogen-bond acceptors (Lipinski definition) is 5. The molecule has 5 rings (SSSR count). The minimum atomic E-state index is -4.43. The van der Waals surface area contributed by atoms with Crippen molar-refractivity contribution in [2.75, 3.05) is 31.6 Å². The van der Waals surface area contributed by atoms with Gasteiger partial charge in [0.05, 0.1) is 22.6 Å². The maximum absolute atomic E-state index is 13.0. The van der Waals surface area contributed by atoms with Crippen LogP contribution in [0.1, 0.15) is 24.8 Å². The smallest absolute Gasteiger partial charge is 0.416 e. The lowest BCUT2D eigenvalue weighted by atomic mass is 9.73. The molecule has 0 aliphatic carbocycles. The predicted octanol–water partition coefficient (Wildman–Crippen LogP) is 5.29. The highest BCUT2D eigenvalue weighted by Crippen LogP contribution is 2.40. The quantitative estimate of drug-likeness (QED) is 0.692. The number of benzene rings is 1. The monoisotopic (exact) mass is 447 g/mol. The van der Waals surface area contributed by atoms with Crippen molar-refractivity contribution in [3.05, 3.63) is 35.3 Å². The van der Waals surface area contributed by atoms with E-state index in [-0.39, 0.29) is 23.6 Å². The van der Waals surface area contributed by atoms with Gasteiger partial charge in [-0.3, -0.25) is 5.32 Å². The highest BCUT2D eigenvalue weighted by atomic mass is 35.5. The van der Waals surface area contributed by atoms with E-state index in [9.17, 15) is 18.0 Å². The summed E-state index contributed by atoms with van der Waals surface area (Å²) in [4.78, 5) is 19.2. The molecule has 1 aromatic heterocycles. The van der Waals surface area contributed by atoms with Crippen LogP contribution in [0.5, 0.6) is 0 Å². The molecule has 10 heteroatoms. The number of aromatic nitrogens is 1. The number of nitrogens with zero attached hydrogens (tertiary/aromatic N) is 2. The fourth-order valence-electron chi connectivity index (χ4n) is 3.84. The number of fused-ring (bicyclic) bond motifs is 3. The number of thiazole rings is 1. The minimum Gasteiger partial charge on any atom is -0.449 e. The van der Waals surface area contributed by atoms with E-state index >= 15 is 0 Å². The molecule has 0 radical (unpaired) electrons. The van der Waals surface area contributed by atoms with Crippen molar-refractivity contribution in [1.29, 1.82) is 0 Å². The number of nitrogens with one attached hydrogen (secondary N) is 1. The molecule has 3 fully saturated rings. The van der Waals surface area contributed by atoms with Gasteiger partial charge in [-0.1, -0.05) is 12.1 Å². The number of anilines is 1. The Morgan fingerprint density at radius 3 is 2.59 bits per heavy atom. The van der Waals surface area contributed by atoms with E-state index in [2.05, 4.69) is 15.2 Å². The van der Waals surface area contributed by atoms with Crippen LogP contribution in [0, 0.1) is 5.41 Å². The topological polar surface area (TPSA) is 54.5 Å². The maximum Gasteiger partial charge on any atom is 0.416 e. The van der Waals surface area contributed by atoms with Gasteiger partial charge in [0.25, 0.3) is 0 Å². The normalized spacial score (nSPS) is 23.3. The summed E-state index contributed by atoms with van der Waals surface area (Å²) < 4.78 is 44.4. The Morgan fingerprint density at radius 2 is 1.93 bits per heavy atom. The molecule has 1 aromatic carbocycles. The van der Waals surface area contributed by atoms with Crippen molar-refractivity contribution in [3.63, 3.8) is 0 Å². The summed E-state index contributed by atoms with van der Waals surface area (Å²) >= 11 is 1.17. The zero-order valence-electron chi connectivity index (χ0n) is 15.5. The van der Waals surface area contributed by atoms with Crippen LogP contribution in [0.4, 0.5) is 23.8 Å². The third-order valence-corrected chi connectivity index (χ3v) is 6.50. The lowest BCUT2D eigenvalue weighted by molar-refractivity contribution is -0.137. The summed E-state index contributed by atoms with van der Waals surface area (Å²) in [5.41, 5.74) is 1.15. The van der Waals surface area contributed by atoms with Crippen LogP contribution >= 0.6 is 23.7 Å². The Hall–Kier alpha value is -1.84. The van der Waals surface area contributed by atoms with Gasteiger partial charge in [-0.05, 0) is 56.6 Å². The molecule has 2 bridgehead atoms. The van der Waals surface area contributed by atoms with Gasteiger partial charge in [0.1, 0.15) is 0 Å². The maximum atomic E-state index is 13.0. The average molecular weight is 448 g/mol. The molecule has 0 saturated carbocycles. The molecule has 5 nitrogen and oxygen atoms in total. The molecular formula is C19H21ClF3N3O2S. The molecule has 3 aliphatic heterocycles. The van der Waals surface area contributed by atoms with Gasteiger partial charge < -0.3 is 9.64 Å². The van der Waals surface area contributed by atoms with E-state index in [4.69, 9.17) is 4.74 Å². The molecule has 158 valence electrons. The van der Waals surface area contributed by atoms with E-state index < -0.39 is 17.8 Å². The van der Waals surface area contributed by atoms with Crippen molar-refractivity contribution in [3.8, 4) is 10.4 Å². The fraction of sp³-hybridized carbons (Fsp3) is 0.474. The van der Waals surface area contributed by atoms with Gasteiger partial charge in [0.2, 0.25) is 0 Å². The number of piperidine rings is 3. The van der Waals surface area contributed by atoms with E-state index in [1.807, 2.05) is 0 Å². The second-order valence-electron chi connectivity index (χ2n) is 7.40. The van der Waals surface area contributed by atoms with Gasteiger partial charge >= 0.3 is 12.3 Å². The first-order chi connectivity index (χ1) is 13.3. The van der Waals surface area contributed by atoms with Crippen LogP contribution in [-0.2, 0) is 10.9 Å². The van der Waals surface area contributed by atoms with Crippen LogP contribution in [0.15, 0.2) is 29.8 Å². The molecule has 0 spiro atoms. The third-order valence-electron chi connectivity index (χ3n) is 5.62. The summed E-state index contributed by atoms with van der Waals surface area (Å²) in [6, 6.07) is 4.97. The van der Waals surface area contributed by atoms with Crippen molar-refractivity contribution in [2.45, 2.75) is 25.4 Å². The number of amides is 1. The van der Waals surface area contributed by atoms with Crippen molar-refractivity contribution in [1.82, 2.24) is 9.88 Å². The minimum absolute atomic E-state index is 0. The van der Waals surface area contributed by atoms with Crippen molar-refractivity contribution in [2.24, 2.45) is 5.41 Å². The number of hydrogen-bond donors (Lipinski definition) is 1. The Morgan fingerprint density at radius 1 is 1.24 bits per heavy atom. The highest BCUT2D eigenvalue weighted by Gasteiger charge is 2.40. The number of carbonyl (C=O) groups excluding carboxylic acids is 1. The van der Waals surface area contributed by atoms with Gasteiger partial charge in [0.15, 0.2) is 5.82 Å². The molecular weight excluding hydrogens is 427 g/mol. The van der Waals surface area contributed by atoms with E-state index in [0.29, 0.717) is 17.0 Å². The fourth-order valence-corrected chi connectivity index (χ4v) is 4.58. The zero-order chi connectivity index (χ0) is 19.8. The molecule has 1 amide bonds. The first-order valence-corrected chi connectivity index (χ1v) is 10.00. The first-order valence-electron chi connectivity index (χ1n) is 9.12. The standard InChI is InChI=1S/C19H20F3N3O2S.ClH/c20-19(21,22)14-3-1-2-13(10-14)15-16(23-12-28-15)24-17(26)27-11-18-4-7-25(8-5-18)9-6-18;/h1-3,10,12H,4-9,11H2,(H,24,26);1H. The van der Waals surface area contributed by atoms with E-state index in [1.165, 1.54) is 22.9 Å². The van der Waals surface area contributed by atoms with Crippen LogP contribution < -0.4 is 5.32 Å². The number of alkyl halides is 3. The molecule has 2 aromatic rings. The molecule has 0 unspecified atom stereocenters. The number of ether oxygens (including phenoxy) is 1. The van der Waals surface area contributed by atoms with E-state index in [0.717, 1.165) is 51.0 Å². The summed E-state index contributed by atoms with van der Waals surface area (Å²) in [7, 11) is 0. The van der Waals surface area contributed by atoms with Gasteiger partial charge in [-0.25, -0.2) is 9.78 Å². The molecule has 3 aliphatic rings. The van der Waals surface area contributed by atoms with Crippen molar-refractivity contribution >= 4 is 35.7 Å². The van der Waals surface area contributed by atoms with E-state index in [1.54, 1.807) is 6.07 Å². The van der Waals surface area contributed by atoms with Gasteiger partial charge in [0, 0.05) is 5.41 Å². The Kier molecular flexibility index (Phi) is 6.40. The van der Waals surface area contributed by atoms with Gasteiger partial charge in [-0.15, -0.1) is 23.7 Å². The van der Waals surface area contributed by atoms with Crippen LogP contribution in [0.2, 0.25) is 0 Å². The molecule has 0 atom stereocenters. The number of rotatable bonds is 4. The SMILES string of the molecule is Cl.O=C(Nc1ncsc1-c1cccc(C(F)(F)F)c1)OCC12CCN(CC1)CC2. The summed E-state index contributed by atoms with van der Waals surface area (Å²) in [6.45, 7) is 3.47. The summed E-state index contributed by atoms with van der Waals surface area (Å²) in [6.07, 6.45) is -1.99. The Labute approximate surface area is 176 Å². The summed E-state index contributed by atoms with van der Waals surface area (Å²) in [5.74, 6) is 0.213. The van der Waals surface area contributed by atoms with Crippen LogP contribution in [0.3, 0.4) is 0 Å². The second-order valence-corrected chi connectivity index (χ2v) is 8.26. The highest BCUT2D eigenvalue weighted by molar-refractivity contribution is 7.13. The van der Waals surface area contributed by atoms with Crippen LogP contribution in [0.25, 0.3) is 10.4 Å². The lowest BCUT2D eigenvalue weighted by Gasteiger charge is -2.47. The summed E-state index contributed by atoms with van der Waals surface area (Å²) in [5, 5.41) is 2.59. The molecule has 3 saturated heterocycles. The largest absolute Gasteiger partial charge is 0.449 e. The average Bonchev–Trinajstić information content (AvgIpc) is 3.15. The predicted molar refractivity (Wildman–Crippen MR) is 107 cm³/mol. The lowest BCUT2D eigenvalue weighted by Crippen LogP contribution is -2.50. The molecule has 1 N–H and O–H groups in total. The van der Waals surface area contributed by atoms with Gasteiger partial charge in [-0.2, -0.15) is 13.2 Å². The zero-order valence-corrected chi connectivity index (χ0v) is 17.1. The second kappa shape index (κ2) is 8.49. The third kappa shape index (κ3) is 4.84. The Bertz CT molecular complexity index is 853. The number of halogens is 4. The van der Waals surface area contributed by atoms with Crippen LogP contribution in [-0.4, -0.2) is 42.2 Å². The van der Waals surface area contributed by atoms with Crippen molar-refractivity contribution < 1.29 is 22.7 Å². The molecule has 29 heavy (non-hydrogen) atoms. The Balaban J connectivity index is 0.00000240. The number of carbonyl (C=O) groups is 1. The first kappa shape index (κ1) is 21.9.